The molecule has 1 aromatic carbocycles. The summed E-state index contributed by atoms with van der Waals surface area (Å²) in [6.45, 7) is 2.38. The fourth-order valence-electron chi connectivity index (χ4n) is 2.86. The number of likely N-dealkylation sites (tertiary alicyclic amines) is 1. The standard InChI is InChI=1S/C16H20ClNO3/c1-11-14(16(20)21)9-10-18(11)15(19)4-2-3-12-5-7-13(17)8-6-12/h5-8,11,14H,2-4,9-10H2,1H3,(H,20,21). The molecule has 1 N–H and O–H groups in total. The second-order valence-electron chi connectivity index (χ2n) is 5.54. The zero-order valence-corrected chi connectivity index (χ0v) is 12.8. The van der Waals surface area contributed by atoms with Crippen LogP contribution in [-0.2, 0) is 16.0 Å². The van der Waals surface area contributed by atoms with Gasteiger partial charge in [-0.3, -0.25) is 9.59 Å². The number of benzene rings is 1. The summed E-state index contributed by atoms with van der Waals surface area (Å²) < 4.78 is 0. The molecule has 1 aliphatic heterocycles. The molecule has 1 amide bonds. The minimum Gasteiger partial charge on any atom is -0.481 e. The number of nitrogens with zero attached hydrogens (tertiary/aromatic N) is 1. The lowest BCUT2D eigenvalue weighted by Crippen LogP contribution is -2.37. The minimum absolute atomic E-state index is 0.0558. The van der Waals surface area contributed by atoms with E-state index in [1.54, 1.807) is 4.90 Å². The summed E-state index contributed by atoms with van der Waals surface area (Å²) in [5.74, 6) is -1.18. The number of halogens is 1. The molecule has 1 aromatic rings. The van der Waals surface area contributed by atoms with Crippen LogP contribution in [0.5, 0.6) is 0 Å². The highest BCUT2D eigenvalue weighted by Crippen LogP contribution is 2.25. The second kappa shape index (κ2) is 6.94. The van der Waals surface area contributed by atoms with Crippen molar-refractivity contribution in [3.05, 3.63) is 34.9 Å². The Morgan fingerprint density at radius 3 is 2.57 bits per heavy atom. The molecule has 1 fully saturated rings. The summed E-state index contributed by atoms with van der Waals surface area (Å²) in [5.41, 5.74) is 1.16. The van der Waals surface area contributed by atoms with E-state index in [2.05, 4.69) is 0 Å². The largest absolute Gasteiger partial charge is 0.481 e. The van der Waals surface area contributed by atoms with Crippen molar-refractivity contribution in [3.8, 4) is 0 Å². The van der Waals surface area contributed by atoms with Crippen LogP contribution < -0.4 is 0 Å². The van der Waals surface area contributed by atoms with Gasteiger partial charge in [0.25, 0.3) is 0 Å². The van der Waals surface area contributed by atoms with Gasteiger partial charge in [-0.25, -0.2) is 0 Å². The van der Waals surface area contributed by atoms with E-state index < -0.39 is 11.9 Å². The third-order valence-electron chi connectivity index (χ3n) is 4.16. The Labute approximate surface area is 129 Å². The summed E-state index contributed by atoms with van der Waals surface area (Å²) in [4.78, 5) is 24.9. The van der Waals surface area contributed by atoms with Crippen LogP contribution in [0.2, 0.25) is 5.02 Å². The second-order valence-corrected chi connectivity index (χ2v) is 5.98. The van der Waals surface area contributed by atoms with Crippen LogP contribution in [0, 0.1) is 5.92 Å². The Morgan fingerprint density at radius 1 is 1.33 bits per heavy atom. The molecule has 0 aromatic heterocycles. The Morgan fingerprint density at radius 2 is 2.00 bits per heavy atom. The van der Waals surface area contributed by atoms with Gasteiger partial charge in [-0.2, -0.15) is 0 Å². The minimum atomic E-state index is -0.807. The number of carboxylic acid groups (broad SMARTS) is 1. The van der Waals surface area contributed by atoms with Gasteiger partial charge in [-0.15, -0.1) is 0 Å². The van der Waals surface area contributed by atoms with Gasteiger partial charge in [0.15, 0.2) is 0 Å². The van der Waals surface area contributed by atoms with E-state index in [1.807, 2.05) is 31.2 Å². The summed E-state index contributed by atoms with van der Waals surface area (Å²) in [6.07, 6.45) is 2.60. The van der Waals surface area contributed by atoms with Crippen molar-refractivity contribution in [2.45, 2.75) is 38.6 Å². The van der Waals surface area contributed by atoms with E-state index in [1.165, 1.54) is 0 Å². The number of carbonyl (C=O) groups is 2. The maximum absolute atomic E-state index is 12.2. The predicted octanol–water partition coefficient (Wildman–Crippen LogP) is 2.98. The van der Waals surface area contributed by atoms with E-state index >= 15 is 0 Å². The van der Waals surface area contributed by atoms with Crippen molar-refractivity contribution in [1.82, 2.24) is 4.90 Å². The quantitative estimate of drug-likeness (QED) is 0.909. The Bertz CT molecular complexity index is 515. The molecule has 0 radical (unpaired) electrons. The molecule has 21 heavy (non-hydrogen) atoms. The number of carbonyl (C=O) groups excluding carboxylic acids is 1. The maximum atomic E-state index is 12.2. The molecule has 0 aliphatic carbocycles. The monoisotopic (exact) mass is 309 g/mol. The highest BCUT2D eigenvalue weighted by Gasteiger charge is 2.37. The topological polar surface area (TPSA) is 57.6 Å². The lowest BCUT2D eigenvalue weighted by atomic mass is 10.0. The number of aliphatic carboxylic acids is 1. The highest BCUT2D eigenvalue weighted by atomic mass is 35.5. The van der Waals surface area contributed by atoms with Crippen LogP contribution in [0.25, 0.3) is 0 Å². The Balaban J connectivity index is 1.80. The van der Waals surface area contributed by atoms with Crippen molar-refractivity contribution in [2.24, 2.45) is 5.92 Å². The first-order chi connectivity index (χ1) is 9.99. The first kappa shape index (κ1) is 15.8. The van der Waals surface area contributed by atoms with Crippen molar-refractivity contribution < 1.29 is 14.7 Å². The molecule has 1 aliphatic rings. The van der Waals surface area contributed by atoms with Crippen molar-refractivity contribution >= 4 is 23.5 Å². The SMILES string of the molecule is CC1C(C(=O)O)CCN1C(=O)CCCc1ccc(Cl)cc1. The van der Waals surface area contributed by atoms with Gasteiger partial charge in [-0.1, -0.05) is 23.7 Å². The summed E-state index contributed by atoms with van der Waals surface area (Å²) >= 11 is 5.83. The molecule has 0 bridgehead atoms. The molecule has 0 spiro atoms. The zero-order chi connectivity index (χ0) is 15.4. The van der Waals surface area contributed by atoms with E-state index in [-0.39, 0.29) is 11.9 Å². The van der Waals surface area contributed by atoms with Crippen LogP contribution in [-0.4, -0.2) is 34.5 Å². The predicted molar refractivity (Wildman–Crippen MR) is 81.3 cm³/mol. The first-order valence-electron chi connectivity index (χ1n) is 7.25. The smallest absolute Gasteiger partial charge is 0.308 e. The summed E-state index contributed by atoms with van der Waals surface area (Å²) in [5, 5.41) is 9.79. The van der Waals surface area contributed by atoms with Gasteiger partial charge in [-0.05, 0) is 43.9 Å². The maximum Gasteiger partial charge on any atom is 0.308 e. The van der Waals surface area contributed by atoms with Gasteiger partial charge in [0, 0.05) is 24.0 Å². The molecule has 4 nitrogen and oxygen atoms in total. The summed E-state index contributed by atoms with van der Waals surface area (Å²) in [6, 6.07) is 7.42. The number of carboxylic acids is 1. The van der Waals surface area contributed by atoms with Gasteiger partial charge in [0.05, 0.1) is 5.92 Å². The van der Waals surface area contributed by atoms with Gasteiger partial charge in [0.1, 0.15) is 0 Å². The molecule has 2 atom stereocenters. The van der Waals surface area contributed by atoms with Crippen LogP contribution in [0.3, 0.4) is 0 Å². The highest BCUT2D eigenvalue weighted by molar-refractivity contribution is 6.30. The Hall–Kier alpha value is -1.55. The normalized spacial score (nSPS) is 21.5. The molecular weight excluding hydrogens is 290 g/mol. The molecular formula is C16H20ClNO3. The zero-order valence-electron chi connectivity index (χ0n) is 12.1. The van der Waals surface area contributed by atoms with Gasteiger partial charge < -0.3 is 10.0 Å². The lowest BCUT2D eigenvalue weighted by molar-refractivity contribution is -0.143. The lowest BCUT2D eigenvalue weighted by Gasteiger charge is -2.23. The van der Waals surface area contributed by atoms with Crippen molar-refractivity contribution in [3.63, 3.8) is 0 Å². The average molecular weight is 310 g/mol. The number of amides is 1. The van der Waals surface area contributed by atoms with Crippen LogP contribution in [0.4, 0.5) is 0 Å². The molecule has 0 saturated carbocycles. The molecule has 2 unspecified atom stereocenters. The van der Waals surface area contributed by atoms with Crippen LogP contribution >= 0.6 is 11.6 Å². The number of hydrogen-bond donors (Lipinski definition) is 1. The summed E-state index contributed by atoms with van der Waals surface area (Å²) in [7, 11) is 0. The average Bonchev–Trinajstić information content (AvgIpc) is 2.83. The molecule has 2 rings (SSSR count). The first-order valence-corrected chi connectivity index (χ1v) is 7.63. The Kier molecular flexibility index (Phi) is 5.23. The van der Waals surface area contributed by atoms with E-state index in [9.17, 15) is 9.59 Å². The van der Waals surface area contributed by atoms with Crippen molar-refractivity contribution in [1.29, 1.82) is 0 Å². The fourth-order valence-corrected chi connectivity index (χ4v) is 2.99. The fraction of sp³-hybridized carbons (Fsp3) is 0.500. The van der Waals surface area contributed by atoms with E-state index in [4.69, 9.17) is 16.7 Å². The molecule has 1 saturated heterocycles. The van der Waals surface area contributed by atoms with Crippen LogP contribution in [0.1, 0.15) is 31.7 Å². The van der Waals surface area contributed by atoms with E-state index in [0.29, 0.717) is 24.4 Å². The molecule has 5 heteroatoms. The van der Waals surface area contributed by atoms with Gasteiger partial charge >= 0.3 is 5.97 Å². The van der Waals surface area contributed by atoms with Gasteiger partial charge in [0.2, 0.25) is 5.91 Å². The van der Waals surface area contributed by atoms with Crippen LogP contribution in [0.15, 0.2) is 24.3 Å². The number of aryl methyl sites for hydroxylation is 1. The third kappa shape index (κ3) is 3.97. The molecule has 114 valence electrons. The van der Waals surface area contributed by atoms with Crippen molar-refractivity contribution in [2.75, 3.05) is 6.54 Å². The number of rotatable bonds is 5. The molecule has 1 heterocycles. The third-order valence-corrected chi connectivity index (χ3v) is 4.41. The number of hydrogen-bond acceptors (Lipinski definition) is 2. The van der Waals surface area contributed by atoms with E-state index in [0.717, 1.165) is 18.4 Å².